The van der Waals surface area contributed by atoms with Gasteiger partial charge < -0.3 is 23.7 Å². The Labute approximate surface area is 139 Å². The number of nitrogens with zero attached hydrogens (tertiary/aromatic N) is 2. The van der Waals surface area contributed by atoms with E-state index in [4.69, 9.17) is 8.83 Å². The van der Waals surface area contributed by atoms with E-state index in [0.717, 1.165) is 0 Å². The van der Waals surface area contributed by atoms with Crippen LogP contribution in [0.15, 0.2) is 45.6 Å². The summed E-state index contributed by atoms with van der Waals surface area (Å²) in [6, 6.07) is 6.42. The predicted molar refractivity (Wildman–Crippen MR) is 83.5 cm³/mol. The molecule has 0 spiro atoms. The van der Waals surface area contributed by atoms with Crippen LogP contribution >= 0.6 is 0 Å². The summed E-state index contributed by atoms with van der Waals surface area (Å²) in [6.07, 6.45) is 2.65. The molecular weight excluding hydrogens is 312 g/mol. The van der Waals surface area contributed by atoms with Gasteiger partial charge in [0.25, 0.3) is 0 Å². The molecule has 2 aromatic heterocycles. The van der Waals surface area contributed by atoms with Gasteiger partial charge in [-0.05, 0) is 24.3 Å². The van der Waals surface area contributed by atoms with E-state index in [2.05, 4.69) is 0 Å². The zero-order chi connectivity index (χ0) is 17.1. The van der Waals surface area contributed by atoms with Crippen LogP contribution in [0.5, 0.6) is 0 Å². The normalized spacial score (nSPS) is 20.3. The Kier molecular flexibility index (Phi) is 4.71. The Morgan fingerprint density at radius 3 is 2.25 bits per heavy atom. The van der Waals surface area contributed by atoms with Gasteiger partial charge in [0, 0.05) is 19.9 Å². The zero-order valence-electron chi connectivity index (χ0n) is 13.4. The van der Waals surface area contributed by atoms with Crippen LogP contribution in [0.2, 0.25) is 0 Å². The molecule has 1 saturated heterocycles. The average Bonchev–Trinajstić information content (AvgIpc) is 3.27. The molecule has 3 heterocycles. The Hall–Kier alpha value is -2.54. The van der Waals surface area contributed by atoms with E-state index in [1.165, 1.54) is 11.8 Å². The molecule has 1 N–H and O–H groups in total. The van der Waals surface area contributed by atoms with Gasteiger partial charge >= 0.3 is 0 Å². The largest absolute Gasteiger partial charge is 0.467 e. The van der Waals surface area contributed by atoms with Gasteiger partial charge in [-0.1, -0.05) is 0 Å². The zero-order valence-corrected chi connectivity index (χ0v) is 13.4. The van der Waals surface area contributed by atoms with Gasteiger partial charge in [-0.3, -0.25) is 9.59 Å². The van der Waals surface area contributed by atoms with Gasteiger partial charge in [0.15, 0.2) is 0 Å². The van der Waals surface area contributed by atoms with E-state index in [-0.39, 0.29) is 37.9 Å². The summed E-state index contributed by atoms with van der Waals surface area (Å²) < 4.78 is 10.7. The summed E-state index contributed by atoms with van der Waals surface area (Å²) in [7, 11) is 0. The third-order valence-electron chi connectivity index (χ3n) is 4.13. The summed E-state index contributed by atoms with van der Waals surface area (Å²) in [5, 5.41) is 9.86. The smallest absolute Gasteiger partial charge is 0.246 e. The molecule has 128 valence electrons. The Morgan fingerprint density at radius 2 is 1.79 bits per heavy atom. The van der Waals surface area contributed by atoms with Crippen LogP contribution in [0.3, 0.4) is 0 Å². The molecule has 2 amide bonds. The molecule has 24 heavy (non-hydrogen) atoms. The third-order valence-corrected chi connectivity index (χ3v) is 4.13. The first-order chi connectivity index (χ1) is 11.5. The minimum absolute atomic E-state index is 0.182. The molecule has 0 aliphatic carbocycles. The first-order valence-corrected chi connectivity index (χ1v) is 7.83. The maximum atomic E-state index is 13.0. The number of amides is 2. The molecule has 3 rings (SSSR count). The molecule has 1 aliphatic rings. The topological polar surface area (TPSA) is 87.1 Å². The van der Waals surface area contributed by atoms with Crippen molar-refractivity contribution in [1.29, 1.82) is 0 Å². The van der Waals surface area contributed by atoms with Crippen LogP contribution in [0.1, 0.15) is 24.9 Å². The standard InChI is InChI=1S/C17H20N2O5/c1-12(20)19-9-13(21)8-16(19)17(22)18(10-14-4-2-6-23-14)11-15-5-3-7-24-15/h2-7,13,16,21H,8-11H2,1H3/t13-,16-/m1/s1. The van der Waals surface area contributed by atoms with Crippen molar-refractivity contribution in [2.24, 2.45) is 0 Å². The van der Waals surface area contributed by atoms with Crippen molar-refractivity contribution in [3.05, 3.63) is 48.3 Å². The number of hydrogen-bond donors (Lipinski definition) is 1. The van der Waals surface area contributed by atoms with Crippen molar-refractivity contribution in [2.45, 2.75) is 38.6 Å². The van der Waals surface area contributed by atoms with E-state index in [1.807, 2.05) is 0 Å². The van der Waals surface area contributed by atoms with Gasteiger partial charge in [-0.15, -0.1) is 0 Å². The lowest BCUT2D eigenvalue weighted by atomic mass is 10.1. The second-order valence-electron chi connectivity index (χ2n) is 5.93. The average molecular weight is 332 g/mol. The molecule has 0 bridgehead atoms. The number of likely N-dealkylation sites (tertiary alicyclic amines) is 1. The number of rotatable bonds is 5. The SMILES string of the molecule is CC(=O)N1C[C@H](O)C[C@@H]1C(=O)N(Cc1ccco1)Cc1ccco1. The minimum atomic E-state index is -0.683. The minimum Gasteiger partial charge on any atom is -0.467 e. The highest BCUT2D eigenvalue weighted by Crippen LogP contribution is 2.22. The van der Waals surface area contributed by atoms with Crippen LogP contribution in [0.25, 0.3) is 0 Å². The van der Waals surface area contributed by atoms with Crippen LogP contribution in [-0.2, 0) is 22.7 Å². The van der Waals surface area contributed by atoms with Gasteiger partial charge in [-0.2, -0.15) is 0 Å². The molecule has 0 unspecified atom stereocenters. The summed E-state index contributed by atoms with van der Waals surface area (Å²) >= 11 is 0. The fourth-order valence-corrected chi connectivity index (χ4v) is 3.00. The number of furan rings is 2. The highest BCUT2D eigenvalue weighted by molar-refractivity contribution is 5.87. The van der Waals surface area contributed by atoms with Crippen molar-refractivity contribution in [3.63, 3.8) is 0 Å². The number of aliphatic hydroxyl groups excluding tert-OH is 1. The summed E-state index contributed by atoms with van der Waals surface area (Å²) in [4.78, 5) is 27.8. The highest BCUT2D eigenvalue weighted by Gasteiger charge is 2.39. The molecule has 0 radical (unpaired) electrons. The van der Waals surface area contributed by atoms with E-state index >= 15 is 0 Å². The molecule has 1 aliphatic heterocycles. The van der Waals surface area contributed by atoms with Crippen LogP contribution in [-0.4, -0.2) is 45.4 Å². The van der Waals surface area contributed by atoms with Crippen LogP contribution in [0.4, 0.5) is 0 Å². The maximum Gasteiger partial charge on any atom is 0.246 e. The molecule has 7 nitrogen and oxygen atoms in total. The van der Waals surface area contributed by atoms with E-state index < -0.39 is 12.1 Å². The Bertz CT molecular complexity index is 644. The van der Waals surface area contributed by atoms with Crippen molar-refractivity contribution in [2.75, 3.05) is 6.54 Å². The van der Waals surface area contributed by atoms with E-state index in [9.17, 15) is 14.7 Å². The molecular formula is C17H20N2O5. The van der Waals surface area contributed by atoms with Crippen molar-refractivity contribution in [3.8, 4) is 0 Å². The highest BCUT2D eigenvalue weighted by atomic mass is 16.3. The molecule has 2 atom stereocenters. The lowest BCUT2D eigenvalue weighted by Gasteiger charge is -2.28. The summed E-state index contributed by atoms with van der Waals surface area (Å²) in [5.74, 6) is 0.834. The quantitative estimate of drug-likeness (QED) is 0.894. The van der Waals surface area contributed by atoms with Gasteiger partial charge in [-0.25, -0.2) is 0 Å². The number of β-amino-alcohol motifs (C(OH)–C–C–N with tert-alkyl or cyclic N) is 1. The number of aliphatic hydroxyl groups is 1. The fraction of sp³-hybridized carbons (Fsp3) is 0.412. The number of hydrogen-bond acceptors (Lipinski definition) is 5. The summed E-state index contributed by atoms with van der Waals surface area (Å²) in [5.41, 5.74) is 0. The lowest BCUT2D eigenvalue weighted by Crippen LogP contribution is -2.46. The van der Waals surface area contributed by atoms with Gasteiger partial charge in [0.1, 0.15) is 17.6 Å². The van der Waals surface area contributed by atoms with Crippen LogP contribution < -0.4 is 0 Å². The summed E-state index contributed by atoms with van der Waals surface area (Å²) in [6.45, 7) is 2.12. The predicted octanol–water partition coefficient (Wildman–Crippen LogP) is 1.38. The van der Waals surface area contributed by atoms with Crippen molar-refractivity contribution >= 4 is 11.8 Å². The third kappa shape index (κ3) is 3.51. The van der Waals surface area contributed by atoms with Crippen LogP contribution in [0, 0.1) is 0 Å². The molecule has 0 saturated carbocycles. The second kappa shape index (κ2) is 6.92. The van der Waals surface area contributed by atoms with E-state index in [0.29, 0.717) is 11.5 Å². The van der Waals surface area contributed by atoms with Crippen molar-refractivity contribution in [1.82, 2.24) is 9.80 Å². The first kappa shape index (κ1) is 16.3. The first-order valence-electron chi connectivity index (χ1n) is 7.83. The van der Waals surface area contributed by atoms with Gasteiger partial charge in [0.2, 0.25) is 11.8 Å². The fourth-order valence-electron chi connectivity index (χ4n) is 3.00. The van der Waals surface area contributed by atoms with Crippen molar-refractivity contribution < 1.29 is 23.5 Å². The second-order valence-corrected chi connectivity index (χ2v) is 5.93. The number of carbonyl (C=O) groups is 2. The number of carbonyl (C=O) groups excluding carboxylic acids is 2. The molecule has 7 heteroatoms. The van der Waals surface area contributed by atoms with Gasteiger partial charge in [0.05, 0.1) is 31.7 Å². The molecule has 2 aromatic rings. The van der Waals surface area contributed by atoms with E-state index in [1.54, 1.807) is 41.7 Å². The maximum absolute atomic E-state index is 13.0. The Balaban J connectivity index is 1.80. The molecule has 1 fully saturated rings. The molecule has 0 aromatic carbocycles. The lowest BCUT2D eigenvalue weighted by molar-refractivity contribution is -0.144. The monoisotopic (exact) mass is 332 g/mol. The Morgan fingerprint density at radius 1 is 1.21 bits per heavy atom.